The van der Waals surface area contributed by atoms with E-state index >= 15 is 0 Å². The molecular formula is C8H12O4. The number of aliphatic hydroxyl groups excluding tert-OH is 1. The van der Waals surface area contributed by atoms with Crippen molar-refractivity contribution in [2.24, 2.45) is 0 Å². The Balaban J connectivity index is 4.14. The normalized spacial score (nSPS) is 17.2. The zero-order chi connectivity index (χ0) is 9.78. The van der Waals surface area contributed by atoms with E-state index in [2.05, 4.69) is 4.74 Å². The first-order chi connectivity index (χ1) is 5.44. The van der Waals surface area contributed by atoms with Crippen molar-refractivity contribution >= 4 is 5.97 Å². The summed E-state index contributed by atoms with van der Waals surface area (Å²) >= 11 is 0. The molecule has 4 nitrogen and oxygen atoms in total. The maximum Gasteiger partial charge on any atom is 0.308 e. The molecule has 0 aromatic heterocycles. The van der Waals surface area contributed by atoms with Crippen LogP contribution in [0.15, 0.2) is 0 Å². The molecule has 4 heteroatoms. The molecule has 0 saturated heterocycles. The molecule has 0 aliphatic heterocycles. The lowest BCUT2D eigenvalue weighted by molar-refractivity contribution is -0.145. The Morgan fingerprint density at radius 3 is 2.67 bits per heavy atom. The topological polar surface area (TPSA) is 66.8 Å². The number of aliphatic hydroxyl groups is 2. The van der Waals surface area contributed by atoms with Crippen LogP contribution in [0.2, 0.25) is 0 Å². The van der Waals surface area contributed by atoms with Gasteiger partial charge in [0, 0.05) is 0 Å². The Kier molecular flexibility index (Phi) is 3.74. The molecule has 0 aromatic rings. The zero-order valence-corrected chi connectivity index (χ0v) is 7.07. The van der Waals surface area contributed by atoms with Crippen LogP contribution in [0, 0.1) is 12.3 Å². The van der Waals surface area contributed by atoms with Crippen molar-refractivity contribution in [2.75, 3.05) is 7.11 Å². The molecule has 0 unspecified atom stereocenters. The van der Waals surface area contributed by atoms with E-state index in [1.54, 1.807) is 0 Å². The first-order valence-electron chi connectivity index (χ1n) is 3.39. The van der Waals surface area contributed by atoms with E-state index in [-0.39, 0.29) is 6.42 Å². The van der Waals surface area contributed by atoms with Crippen LogP contribution in [0.5, 0.6) is 0 Å². The van der Waals surface area contributed by atoms with Gasteiger partial charge in [0.1, 0.15) is 11.7 Å². The summed E-state index contributed by atoms with van der Waals surface area (Å²) < 4.78 is 4.28. The standard InChI is InChI=1S/C8H12O4/c1-4-8(2,11)6(9)5-7(10)12-3/h1,6,9,11H,5H2,2-3H3/t6-,8+/m0/s1. The third-order valence-corrected chi connectivity index (χ3v) is 1.53. The summed E-state index contributed by atoms with van der Waals surface area (Å²) in [6.07, 6.45) is 3.30. The first kappa shape index (κ1) is 11.0. The number of carbonyl (C=O) groups excluding carboxylic acids is 1. The number of ether oxygens (including phenoxy) is 1. The summed E-state index contributed by atoms with van der Waals surface area (Å²) in [5, 5.41) is 18.4. The molecular weight excluding hydrogens is 160 g/mol. The molecule has 0 heterocycles. The van der Waals surface area contributed by atoms with Crippen LogP contribution in [-0.4, -0.2) is 35.0 Å². The van der Waals surface area contributed by atoms with Crippen molar-refractivity contribution in [3.05, 3.63) is 0 Å². The third kappa shape index (κ3) is 2.91. The van der Waals surface area contributed by atoms with E-state index in [1.807, 2.05) is 5.92 Å². The van der Waals surface area contributed by atoms with Gasteiger partial charge in [0.25, 0.3) is 0 Å². The minimum atomic E-state index is -1.69. The summed E-state index contributed by atoms with van der Waals surface area (Å²) in [7, 11) is 1.19. The fraction of sp³-hybridized carbons (Fsp3) is 0.625. The monoisotopic (exact) mass is 172 g/mol. The minimum Gasteiger partial charge on any atom is -0.469 e. The van der Waals surface area contributed by atoms with Gasteiger partial charge in [0.2, 0.25) is 0 Å². The Labute approximate surface area is 71.2 Å². The predicted molar refractivity (Wildman–Crippen MR) is 42.1 cm³/mol. The molecule has 0 fully saturated rings. The SMILES string of the molecule is C#C[C@@](C)(O)[C@@H](O)CC(=O)OC. The van der Waals surface area contributed by atoms with Crippen LogP contribution in [0.25, 0.3) is 0 Å². The highest BCUT2D eigenvalue weighted by molar-refractivity contribution is 5.70. The average molecular weight is 172 g/mol. The highest BCUT2D eigenvalue weighted by atomic mass is 16.5. The number of methoxy groups -OCH3 is 1. The maximum atomic E-state index is 10.6. The lowest BCUT2D eigenvalue weighted by Crippen LogP contribution is -2.39. The lowest BCUT2D eigenvalue weighted by Gasteiger charge is -2.22. The minimum absolute atomic E-state index is 0.312. The summed E-state index contributed by atoms with van der Waals surface area (Å²) in [6, 6.07) is 0. The third-order valence-electron chi connectivity index (χ3n) is 1.53. The number of hydrogen-bond donors (Lipinski definition) is 2. The molecule has 0 rings (SSSR count). The van der Waals surface area contributed by atoms with E-state index in [1.165, 1.54) is 14.0 Å². The van der Waals surface area contributed by atoms with Crippen molar-refractivity contribution in [3.63, 3.8) is 0 Å². The van der Waals surface area contributed by atoms with Gasteiger partial charge in [0.05, 0.1) is 13.5 Å². The van der Waals surface area contributed by atoms with Gasteiger partial charge in [0.15, 0.2) is 0 Å². The Morgan fingerprint density at radius 2 is 2.33 bits per heavy atom. The molecule has 0 radical (unpaired) electrons. The van der Waals surface area contributed by atoms with Gasteiger partial charge in [-0.3, -0.25) is 4.79 Å². The summed E-state index contributed by atoms with van der Waals surface area (Å²) in [4.78, 5) is 10.6. The van der Waals surface area contributed by atoms with E-state index in [0.717, 1.165) is 0 Å². The smallest absolute Gasteiger partial charge is 0.308 e. The Bertz CT molecular complexity index is 202. The number of esters is 1. The summed E-state index contributed by atoms with van der Waals surface area (Å²) in [6.45, 7) is 1.25. The molecule has 0 aliphatic carbocycles. The van der Waals surface area contributed by atoms with Gasteiger partial charge in [-0.15, -0.1) is 6.42 Å². The zero-order valence-electron chi connectivity index (χ0n) is 7.07. The quantitative estimate of drug-likeness (QED) is 0.436. The van der Waals surface area contributed by atoms with Gasteiger partial charge in [-0.2, -0.15) is 0 Å². The largest absolute Gasteiger partial charge is 0.469 e. The van der Waals surface area contributed by atoms with Gasteiger partial charge in [-0.25, -0.2) is 0 Å². The number of carbonyl (C=O) groups is 1. The fourth-order valence-corrected chi connectivity index (χ4v) is 0.536. The molecule has 0 spiro atoms. The first-order valence-corrected chi connectivity index (χ1v) is 3.39. The van der Waals surface area contributed by atoms with Crippen molar-refractivity contribution < 1.29 is 19.7 Å². The molecule has 2 N–H and O–H groups in total. The van der Waals surface area contributed by atoms with Crippen molar-refractivity contribution in [3.8, 4) is 12.3 Å². The summed E-state index contributed by atoms with van der Waals surface area (Å²) in [5.74, 6) is 1.36. The van der Waals surface area contributed by atoms with E-state index < -0.39 is 17.7 Å². The molecule has 0 aliphatic rings. The summed E-state index contributed by atoms with van der Waals surface area (Å²) in [5.41, 5.74) is -1.69. The fourth-order valence-electron chi connectivity index (χ4n) is 0.536. The number of terminal acetylenes is 1. The van der Waals surface area contributed by atoms with Gasteiger partial charge >= 0.3 is 5.97 Å². The maximum absolute atomic E-state index is 10.6. The highest BCUT2D eigenvalue weighted by Crippen LogP contribution is 2.11. The predicted octanol–water partition coefficient (Wildman–Crippen LogP) is -0.705. The van der Waals surface area contributed by atoms with Gasteiger partial charge < -0.3 is 14.9 Å². The highest BCUT2D eigenvalue weighted by Gasteiger charge is 2.29. The van der Waals surface area contributed by atoms with Crippen LogP contribution in [0.1, 0.15) is 13.3 Å². The van der Waals surface area contributed by atoms with Crippen LogP contribution in [0.4, 0.5) is 0 Å². The van der Waals surface area contributed by atoms with Crippen LogP contribution >= 0.6 is 0 Å². The average Bonchev–Trinajstić information content (AvgIpc) is 2.04. The second kappa shape index (κ2) is 4.10. The molecule has 2 atom stereocenters. The molecule has 12 heavy (non-hydrogen) atoms. The Morgan fingerprint density at radius 1 is 1.83 bits per heavy atom. The van der Waals surface area contributed by atoms with Crippen LogP contribution in [0.3, 0.4) is 0 Å². The van der Waals surface area contributed by atoms with E-state index in [0.29, 0.717) is 0 Å². The van der Waals surface area contributed by atoms with Crippen molar-refractivity contribution in [2.45, 2.75) is 25.0 Å². The van der Waals surface area contributed by atoms with Crippen LogP contribution in [-0.2, 0) is 9.53 Å². The second-order valence-corrected chi connectivity index (χ2v) is 2.59. The number of rotatable bonds is 3. The molecule has 0 bridgehead atoms. The van der Waals surface area contributed by atoms with Crippen LogP contribution < -0.4 is 0 Å². The molecule has 0 amide bonds. The molecule has 68 valence electrons. The van der Waals surface area contributed by atoms with E-state index in [9.17, 15) is 15.0 Å². The van der Waals surface area contributed by atoms with Gasteiger partial charge in [-0.05, 0) is 6.92 Å². The second-order valence-electron chi connectivity index (χ2n) is 2.59. The Hall–Kier alpha value is -1.05. The lowest BCUT2D eigenvalue weighted by atomic mass is 9.98. The van der Waals surface area contributed by atoms with Gasteiger partial charge in [-0.1, -0.05) is 5.92 Å². The van der Waals surface area contributed by atoms with Crippen molar-refractivity contribution in [1.82, 2.24) is 0 Å². The molecule has 0 saturated carbocycles. The van der Waals surface area contributed by atoms with Crippen molar-refractivity contribution in [1.29, 1.82) is 0 Å². The van der Waals surface area contributed by atoms with E-state index in [4.69, 9.17) is 6.42 Å². The number of hydrogen-bond acceptors (Lipinski definition) is 4. The molecule has 0 aromatic carbocycles.